The molecule has 2 saturated heterocycles. The molecule has 3 aliphatic heterocycles. The molecule has 0 bridgehead atoms. The highest BCUT2D eigenvalue weighted by atomic mass is 32.2. The van der Waals surface area contributed by atoms with Crippen molar-refractivity contribution < 1.29 is 22.7 Å². The first-order valence-corrected chi connectivity index (χ1v) is 13.4. The van der Waals surface area contributed by atoms with Crippen LogP contribution in [0.2, 0.25) is 0 Å². The molecule has 186 valence electrons. The lowest BCUT2D eigenvalue weighted by Crippen LogP contribution is -2.49. The number of hydrogen-bond acceptors (Lipinski definition) is 7. The van der Waals surface area contributed by atoms with Gasteiger partial charge in [-0.3, -0.25) is 9.69 Å². The van der Waals surface area contributed by atoms with Crippen molar-refractivity contribution >= 4 is 21.8 Å². The summed E-state index contributed by atoms with van der Waals surface area (Å²) in [5.74, 6) is 1.05. The van der Waals surface area contributed by atoms with Crippen molar-refractivity contribution in [2.24, 2.45) is 4.40 Å². The first-order valence-electron chi connectivity index (χ1n) is 11.9. The molecule has 9 nitrogen and oxygen atoms in total. The van der Waals surface area contributed by atoms with E-state index in [2.05, 4.69) is 14.6 Å². The zero-order chi connectivity index (χ0) is 24.4. The molecule has 1 N–H and O–H groups in total. The fraction of sp³-hybridized carbons (Fsp3) is 0.440. The molecule has 5 rings (SSSR count). The molecule has 2 aromatic rings. The number of sulfonamides is 1. The molecule has 0 radical (unpaired) electrons. The van der Waals surface area contributed by atoms with Crippen molar-refractivity contribution in [1.82, 2.24) is 15.1 Å². The predicted molar refractivity (Wildman–Crippen MR) is 131 cm³/mol. The number of ether oxygens (including phenoxy) is 2. The summed E-state index contributed by atoms with van der Waals surface area (Å²) in [7, 11) is -2.10. The highest BCUT2D eigenvalue weighted by Crippen LogP contribution is 2.31. The number of nitrogens with one attached hydrogen (secondary N) is 1. The minimum Gasteiger partial charge on any atom is -0.497 e. The Morgan fingerprint density at radius 1 is 1.14 bits per heavy atom. The van der Waals surface area contributed by atoms with E-state index < -0.39 is 16.1 Å². The monoisotopic (exact) mass is 498 g/mol. The second-order valence-electron chi connectivity index (χ2n) is 8.92. The average Bonchev–Trinajstić information content (AvgIpc) is 3.48. The molecule has 3 heterocycles. The lowest BCUT2D eigenvalue weighted by atomic mass is 10.0. The average molecular weight is 499 g/mol. The molecule has 0 aromatic heterocycles. The number of benzene rings is 2. The zero-order valence-electron chi connectivity index (χ0n) is 19.7. The van der Waals surface area contributed by atoms with Crippen LogP contribution in [0.25, 0.3) is 0 Å². The molecule has 1 amide bonds. The second-order valence-corrected chi connectivity index (χ2v) is 10.5. The largest absolute Gasteiger partial charge is 0.497 e. The lowest BCUT2D eigenvalue weighted by Gasteiger charge is -2.35. The summed E-state index contributed by atoms with van der Waals surface area (Å²) in [4.78, 5) is 17.8. The van der Waals surface area contributed by atoms with Crippen molar-refractivity contribution in [2.75, 3.05) is 46.5 Å². The maximum absolute atomic E-state index is 13.4. The van der Waals surface area contributed by atoms with Crippen LogP contribution in [0.3, 0.4) is 0 Å². The topological polar surface area (TPSA) is 101 Å². The van der Waals surface area contributed by atoms with E-state index in [1.807, 2.05) is 29.2 Å². The van der Waals surface area contributed by atoms with Gasteiger partial charge in [0.1, 0.15) is 16.7 Å². The van der Waals surface area contributed by atoms with Gasteiger partial charge in [-0.05, 0) is 42.7 Å². The number of likely N-dealkylation sites (tertiary alicyclic amines) is 1. The molecule has 2 aromatic carbocycles. The molecule has 2 atom stereocenters. The Morgan fingerprint density at radius 2 is 1.89 bits per heavy atom. The number of rotatable bonds is 6. The van der Waals surface area contributed by atoms with E-state index in [4.69, 9.17) is 9.47 Å². The molecule has 10 heteroatoms. The third kappa shape index (κ3) is 4.78. The van der Waals surface area contributed by atoms with Gasteiger partial charge in [0.15, 0.2) is 5.84 Å². The summed E-state index contributed by atoms with van der Waals surface area (Å²) in [6.45, 7) is 3.92. The van der Waals surface area contributed by atoms with Crippen molar-refractivity contribution in [3.63, 3.8) is 0 Å². The molecule has 3 aliphatic rings. The molecule has 2 unspecified atom stereocenters. The van der Waals surface area contributed by atoms with Crippen LogP contribution >= 0.6 is 0 Å². The van der Waals surface area contributed by atoms with Gasteiger partial charge in [-0.1, -0.05) is 24.3 Å². The number of amidine groups is 1. The predicted octanol–water partition coefficient (Wildman–Crippen LogP) is 1.80. The van der Waals surface area contributed by atoms with Gasteiger partial charge in [0.25, 0.3) is 10.0 Å². The van der Waals surface area contributed by atoms with E-state index in [-0.39, 0.29) is 16.8 Å². The summed E-state index contributed by atoms with van der Waals surface area (Å²) >= 11 is 0. The SMILES string of the molecule is COc1ccc(C(CNC(=O)C2CCCN2C2=NS(=O)(=O)c3ccccc32)N2CCOCC2)cc1. The van der Waals surface area contributed by atoms with Gasteiger partial charge in [-0.25, -0.2) is 0 Å². The van der Waals surface area contributed by atoms with Crippen LogP contribution < -0.4 is 10.1 Å². The van der Waals surface area contributed by atoms with Crippen LogP contribution in [0.5, 0.6) is 5.75 Å². The highest BCUT2D eigenvalue weighted by molar-refractivity contribution is 7.90. The van der Waals surface area contributed by atoms with Crippen molar-refractivity contribution in [1.29, 1.82) is 0 Å². The van der Waals surface area contributed by atoms with Gasteiger partial charge in [0.05, 0.1) is 26.4 Å². The number of hydrogen-bond donors (Lipinski definition) is 1. The maximum Gasteiger partial charge on any atom is 0.285 e. The fourth-order valence-electron chi connectivity index (χ4n) is 5.08. The number of morpholine rings is 1. The third-order valence-electron chi connectivity index (χ3n) is 6.90. The van der Waals surface area contributed by atoms with E-state index in [1.54, 1.807) is 31.4 Å². The van der Waals surface area contributed by atoms with Crippen LogP contribution in [0, 0.1) is 0 Å². The maximum atomic E-state index is 13.4. The van der Waals surface area contributed by atoms with Gasteiger partial charge in [0, 0.05) is 31.7 Å². The smallest absolute Gasteiger partial charge is 0.285 e. The summed E-state index contributed by atoms with van der Waals surface area (Å²) in [6.07, 6.45) is 1.45. The number of amides is 1. The molecule has 35 heavy (non-hydrogen) atoms. The second kappa shape index (κ2) is 9.96. The van der Waals surface area contributed by atoms with Gasteiger partial charge in [-0.2, -0.15) is 8.42 Å². The Balaban J connectivity index is 1.33. The summed E-state index contributed by atoms with van der Waals surface area (Å²) in [6, 6.07) is 14.3. The third-order valence-corrected chi connectivity index (χ3v) is 8.22. The highest BCUT2D eigenvalue weighted by Gasteiger charge is 2.39. The molecule has 2 fully saturated rings. The van der Waals surface area contributed by atoms with Gasteiger partial charge < -0.3 is 19.7 Å². The summed E-state index contributed by atoms with van der Waals surface area (Å²) in [5.41, 5.74) is 1.66. The Morgan fingerprint density at radius 3 is 2.63 bits per heavy atom. The zero-order valence-corrected chi connectivity index (χ0v) is 20.5. The van der Waals surface area contributed by atoms with Crippen LogP contribution in [-0.2, 0) is 19.6 Å². The van der Waals surface area contributed by atoms with E-state index in [9.17, 15) is 13.2 Å². The minimum absolute atomic E-state index is 0.00599. The van der Waals surface area contributed by atoms with Crippen LogP contribution in [0.15, 0.2) is 57.8 Å². The van der Waals surface area contributed by atoms with E-state index >= 15 is 0 Å². The Kier molecular flexibility index (Phi) is 6.77. The van der Waals surface area contributed by atoms with Gasteiger partial charge in [0.2, 0.25) is 5.91 Å². The quantitative estimate of drug-likeness (QED) is 0.648. The number of carbonyl (C=O) groups excluding carboxylic acids is 1. The van der Waals surface area contributed by atoms with Gasteiger partial charge >= 0.3 is 0 Å². The normalized spacial score (nSPS) is 22.4. The van der Waals surface area contributed by atoms with Crippen molar-refractivity contribution in [2.45, 2.75) is 29.8 Å². The molecular weight excluding hydrogens is 468 g/mol. The van der Waals surface area contributed by atoms with Crippen molar-refractivity contribution in [3.8, 4) is 5.75 Å². The first kappa shape index (κ1) is 23.8. The lowest BCUT2D eigenvalue weighted by molar-refractivity contribution is -0.124. The van der Waals surface area contributed by atoms with Crippen LogP contribution in [-0.4, -0.2) is 82.5 Å². The van der Waals surface area contributed by atoms with E-state index in [0.29, 0.717) is 44.1 Å². The Labute approximate surface area is 205 Å². The Hall–Kier alpha value is -2.95. The van der Waals surface area contributed by atoms with E-state index in [0.717, 1.165) is 30.8 Å². The molecule has 0 spiro atoms. The number of fused-ring (bicyclic) bond motifs is 1. The molecular formula is C25H30N4O5S. The number of methoxy groups -OCH3 is 1. The molecule has 0 saturated carbocycles. The van der Waals surface area contributed by atoms with Crippen LogP contribution in [0.1, 0.15) is 30.0 Å². The van der Waals surface area contributed by atoms with Crippen LogP contribution in [0.4, 0.5) is 0 Å². The number of carbonyl (C=O) groups is 1. The van der Waals surface area contributed by atoms with E-state index in [1.165, 1.54) is 0 Å². The standard InChI is InChI=1S/C25H30N4O5S/c1-33-19-10-8-18(9-11-19)22(28-13-15-34-16-14-28)17-26-25(30)21-6-4-12-29(21)24-20-5-2-3-7-23(20)35(31,32)27-24/h2-3,5,7-11,21-22H,4,6,12-17H2,1H3,(H,26,30). The fourth-order valence-corrected chi connectivity index (χ4v) is 6.29. The van der Waals surface area contributed by atoms with Gasteiger partial charge in [-0.15, -0.1) is 4.40 Å². The summed E-state index contributed by atoms with van der Waals surface area (Å²) < 4.78 is 40.0. The summed E-state index contributed by atoms with van der Waals surface area (Å²) in [5, 5.41) is 3.15. The van der Waals surface area contributed by atoms with Crippen molar-refractivity contribution in [3.05, 3.63) is 59.7 Å². The number of nitrogens with zero attached hydrogens (tertiary/aromatic N) is 3. The minimum atomic E-state index is -3.74. The molecule has 0 aliphatic carbocycles. The Bertz CT molecular complexity index is 1210. The first-order chi connectivity index (χ1) is 17.0.